The van der Waals surface area contributed by atoms with Crippen LogP contribution < -0.4 is 10.7 Å². The van der Waals surface area contributed by atoms with Crippen molar-refractivity contribution in [2.45, 2.75) is 13.5 Å². The summed E-state index contributed by atoms with van der Waals surface area (Å²) in [6, 6.07) is 18.1. The molecule has 3 aromatic rings. The number of hydrogen-bond donors (Lipinski definition) is 2. The quantitative estimate of drug-likeness (QED) is 0.377. The molecule has 8 nitrogen and oxygen atoms in total. The zero-order valence-corrected chi connectivity index (χ0v) is 14.7. The third-order valence-corrected chi connectivity index (χ3v) is 3.66. The van der Waals surface area contributed by atoms with E-state index in [-0.39, 0.29) is 5.69 Å². The number of nitro benzene ring substituents is 1. The molecule has 0 aliphatic heterocycles. The van der Waals surface area contributed by atoms with Crippen molar-refractivity contribution in [1.29, 1.82) is 0 Å². The first kappa shape index (κ1) is 18.0. The van der Waals surface area contributed by atoms with Crippen molar-refractivity contribution in [1.82, 2.24) is 9.97 Å². The van der Waals surface area contributed by atoms with E-state index in [1.807, 2.05) is 37.3 Å². The minimum Gasteiger partial charge on any atom is -0.350 e. The van der Waals surface area contributed by atoms with Crippen LogP contribution in [0.15, 0.2) is 65.8 Å². The highest BCUT2D eigenvalue weighted by Crippen LogP contribution is 2.16. The number of nitro groups is 1. The van der Waals surface area contributed by atoms with Crippen LogP contribution in [0, 0.1) is 17.0 Å². The van der Waals surface area contributed by atoms with Gasteiger partial charge in [0.1, 0.15) is 0 Å². The maximum Gasteiger partial charge on any atom is 0.278 e. The normalized spacial score (nSPS) is 10.7. The summed E-state index contributed by atoms with van der Waals surface area (Å²) in [5.41, 5.74) is 5.08. The fraction of sp³-hybridized carbons (Fsp3) is 0.105. The second-order valence-corrected chi connectivity index (χ2v) is 5.74. The van der Waals surface area contributed by atoms with Gasteiger partial charge in [0.25, 0.3) is 5.69 Å². The van der Waals surface area contributed by atoms with Gasteiger partial charge < -0.3 is 5.32 Å². The van der Waals surface area contributed by atoms with Crippen LogP contribution in [-0.2, 0) is 6.54 Å². The highest BCUT2D eigenvalue weighted by Gasteiger charge is 2.10. The van der Waals surface area contributed by atoms with E-state index >= 15 is 0 Å². The number of anilines is 2. The number of para-hydroxylation sites is 1. The van der Waals surface area contributed by atoms with Crippen molar-refractivity contribution < 1.29 is 4.92 Å². The molecular formula is C19H18N6O2. The lowest BCUT2D eigenvalue weighted by molar-refractivity contribution is -0.385. The van der Waals surface area contributed by atoms with Crippen LogP contribution in [0.25, 0.3) is 0 Å². The lowest BCUT2D eigenvalue weighted by atomic mass is 10.2. The molecule has 3 rings (SSSR count). The van der Waals surface area contributed by atoms with Crippen molar-refractivity contribution in [3.63, 3.8) is 0 Å². The van der Waals surface area contributed by atoms with Gasteiger partial charge in [-0.2, -0.15) is 10.1 Å². The van der Waals surface area contributed by atoms with Gasteiger partial charge in [-0.25, -0.2) is 4.98 Å². The van der Waals surface area contributed by atoms with Crippen molar-refractivity contribution in [2.75, 3.05) is 10.7 Å². The van der Waals surface area contributed by atoms with Crippen LogP contribution in [0.3, 0.4) is 0 Å². The van der Waals surface area contributed by atoms with Crippen LogP contribution in [0.1, 0.15) is 16.8 Å². The molecule has 8 heteroatoms. The Morgan fingerprint density at radius 1 is 1.11 bits per heavy atom. The molecule has 2 aromatic carbocycles. The minimum absolute atomic E-state index is 0.00728. The monoisotopic (exact) mass is 362 g/mol. The molecule has 27 heavy (non-hydrogen) atoms. The summed E-state index contributed by atoms with van der Waals surface area (Å²) in [5, 5.41) is 18.3. The number of aromatic nitrogens is 2. The molecule has 1 aromatic heterocycles. The van der Waals surface area contributed by atoms with E-state index in [9.17, 15) is 10.1 Å². The SMILES string of the molecule is Cc1cc(NN=Cc2ccccc2[N+](=O)[O-])nc(NCc2ccccc2)n1. The highest BCUT2D eigenvalue weighted by molar-refractivity contribution is 5.85. The summed E-state index contributed by atoms with van der Waals surface area (Å²) >= 11 is 0. The van der Waals surface area contributed by atoms with Crippen molar-refractivity contribution in [3.8, 4) is 0 Å². The lowest BCUT2D eigenvalue weighted by Crippen LogP contribution is -2.06. The van der Waals surface area contributed by atoms with Crippen molar-refractivity contribution in [3.05, 3.63) is 87.6 Å². The number of nitrogens with zero attached hydrogens (tertiary/aromatic N) is 4. The molecule has 0 spiro atoms. The molecule has 0 bridgehead atoms. The third kappa shape index (κ3) is 5.08. The average Bonchev–Trinajstić information content (AvgIpc) is 2.67. The molecule has 0 radical (unpaired) electrons. The summed E-state index contributed by atoms with van der Waals surface area (Å²) < 4.78 is 0. The van der Waals surface area contributed by atoms with Crippen LogP contribution in [-0.4, -0.2) is 21.1 Å². The Kier molecular flexibility index (Phi) is 5.68. The van der Waals surface area contributed by atoms with Crippen LogP contribution >= 0.6 is 0 Å². The van der Waals surface area contributed by atoms with Gasteiger partial charge in [-0.05, 0) is 18.6 Å². The van der Waals surface area contributed by atoms with E-state index in [0.29, 0.717) is 23.9 Å². The zero-order chi connectivity index (χ0) is 19.1. The number of benzene rings is 2. The van der Waals surface area contributed by atoms with Gasteiger partial charge in [-0.15, -0.1) is 0 Å². The molecule has 0 saturated carbocycles. The van der Waals surface area contributed by atoms with E-state index in [2.05, 4.69) is 25.8 Å². The molecule has 0 amide bonds. The largest absolute Gasteiger partial charge is 0.350 e. The number of hydrogen-bond acceptors (Lipinski definition) is 7. The maximum atomic E-state index is 11.0. The molecule has 0 atom stereocenters. The summed E-state index contributed by atoms with van der Waals surface area (Å²) in [4.78, 5) is 19.3. The van der Waals surface area contributed by atoms with E-state index in [1.165, 1.54) is 12.3 Å². The Balaban J connectivity index is 1.69. The van der Waals surface area contributed by atoms with Gasteiger partial charge in [0.2, 0.25) is 5.95 Å². The summed E-state index contributed by atoms with van der Waals surface area (Å²) in [6.45, 7) is 2.45. The Labute approximate surface area is 156 Å². The number of rotatable bonds is 7. The third-order valence-electron chi connectivity index (χ3n) is 3.66. The molecule has 2 N–H and O–H groups in total. The Morgan fingerprint density at radius 2 is 1.85 bits per heavy atom. The Bertz CT molecular complexity index is 959. The van der Waals surface area contributed by atoms with Crippen molar-refractivity contribution in [2.24, 2.45) is 5.10 Å². The van der Waals surface area contributed by atoms with Gasteiger partial charge in [0.15, 0.2) is 5.82 Å². The van der Waals surface area contributed by atoms with Gasteiger partial charge in [-0.3, -0.25) is 15.5 Å². The van der Waals surface area contributed by atoms with Gasteiger partial charge in [0.05, 0.1) is 16.7 Å². The van der Waals surface area contributed by atoms with E-state index in [0.717, 1.165) is 11.3 Å². The molecule has 0 aliphatic carbocycles. The summed E-state index contributed by atoms with van der Waals surface area (Å²) in [6.07, 6.45) is 1.40. The van der Waals surface area contributed by atoms with Gasteiger partial charge in [-0.1, -0.05) is 42.5 Å². The predicted octanol–water partition coefficient (Wildman–Crippen LogP) is 3.75. The van der Waals surface area contributed by atoms with Crippen LogP contribution in [0.2, 0.25) is 0 Å². The first-order valence-electron chi connectivity index (χ1n) is 8.28. The van der Waals surface area contributed by atoms with Crippen LogP contribution in [0.4, 0.5) is 17.5 Å². The maximum absolute atomic E-state index is 11.0. The molecule has 0 saturated heterocycles. The molecule has 0 fully saturated rings. The second kappa shape index (κ2) is 8.52. The topological polar surface area (TPSA) is 105 Å². The van der Waals surface area contributed by atoms with E-state index in [4.69, 9.17) is 0 Å². The first-order chi connectivity index (χ1) is 13.1. The number of hydrazone groups is 1. The Morgan fingerprint density at radius 3 is 2.63 bits per heavy atom. The van der Waals surface area contributed by atoms with E-state index < -0.39 is 4.92 Å². The number of nitrogens with one attached hydrogen (secondary N) is 2. The van der Waals surface area contributed by atoms with Gasteiger partial charge >= 0.3 is 0 Å². The summed E-state index contributed by atoms with van der Waals surface area (Å²) in [5.74, 6) is 0.968. The molecule has 136 valence electrons. The first-order valence-corrected chi connectivity index (χ1v) is 8.28. The van der Waals surface area contributed by atoms with Crippen molar-refractivity contribution >= 4 is 23.7 Å². The molecular weight excluding hydrogens is 344 g/mol. The molecule has 0 aliphatic rings. The standard InChI is InChI=1S/C19H18N6O2/c1-14-11-18(23-19(22-14)20-12-15-7-3-2-4-8-15)24-21-13-16-9-5-6-10-17(16)25(26)27/h2-11,13H,12H2,1H3,(H2,20,22,23,24). The Hall–Kier alpha value is -3.81. The predicted molar refractivity (Wildman–Crippen MR) is 105 cm³/mol. The molecule has 1 heterocycles. The smallest absolute Gasteiger partial charge is 0.278 e. The highest BCUT2D eigenvalue weighted by atomic mass is 16.6. The van der Waals surface area contributed by atoms with E-state index in [1.54, 1.807) is 24.3 Å². The minimum atomic E-state index is -0.443. The fourth-order valence-electron chi connectivity index (χ4n) is 2.41. The number of aryl methyl sites for hydroxylation is 1. The van der Waals surface area contributed by atoms with Crippen LogP contribution in [0.5, 0.6) is 0 Å². The average molecular weight is 362 g/mol. The second-order valence-electron chi connectivity index (χ2n) is 5.74. The lowest BCUT2D eigenvalue weighted by Gasteiger charge is -2.08. The van der Waals surface area contributed by atoms with Gasteiger partial charge in [0, 0.05) is 24.4 Å². The zero-order valence-electron chi connectivity index (χ0n) is 14.7. The fourth-order valence-corrected chi connectivity index (χ4v) is 2.41. The summed E-state index contributed by atoms with van der Waals surface area (Å²) in [7, 11) is 0. The molecule has 0 unspecified atom stereocenters.